The quantitative estimate of drug-likeness (QED) is 0.779. The van der Waals surface area contributed by atoms with E-state index in [1.807, 2.05) is 0 Å². The largest absolute Gasteiger partial charge is 0.471 e. The van der Waals surface area contributed by atoms with Crippen molar-refractivity contribution in [2.75, 3.05) is 5.32 Å². The van der Waals surface area contributed by atoms with E-state index in [0.717, 1.165) is 0 Å². The summed E-state index contributed by atoms with van der Waals surface area (Å²) < 4.78 is 8.69. The molecule has 0 aliphatic rings. The number of rotatable bonds is 5. The first-order valence-corrected chi connectivity index (χ1v) is 7.21. The molecule has 0 aliphatic carbocycles. The van der Waals surface area contributed by atoms with Crippen molar-refractivity contribution in [2.24, 2.45) is 7.05 Å². The van der Waals surface area contributed by atoms with Crippen LogP contribution in [0.4, 0.5) is 5.82 Å². The normalized spacial score (nSPS) is 10.5. The zero-order valence-corrected chi connectivity index (χ0v) is 13.1. The van der Waals surface area contributed by atoms with Crippen LogP contribution >= 0.6 is 11.6 Å². The summed E-state index contributed by atoms with van der Waals surface area (Å²) in [7, 11) is 1.78. The van der Waals surface area contributed by atoms with E-state index in [9.17, 15) is 4.79 Å². The number of ether oxygens (including phenoxy) is 1. The summed E-state index contributed by atoms with van der Waals surface area (Å²) in [6.45, 7) is 0.193. The average Bonchev–Trinajstić information content (AvgIpc) is 3.16. The van der Waals surface area contributed by atoms with Crippen LogP contribution in [0.5, 0.6) is 5.75 Å². The number of benzene rings is 1. The lowest BCUT2D eigenvalue weighted by atomic mass is 10.3. The molecule has 0 unspecified atom stereocenters. The number of hydrogen-bond donors (Lipinski definition) is 1. The second-order valence-corrected chi connectivity index (χ2v) is 5.23. The van der Waals surface area contributed by atoms with Gasteiger partial charge in [0.2, 0.25) is 0 Å². The van der Waals surface area contributed by atoms with E-state index in [1.165, 1.54) is 4.68 Å². The van der Waals surface area contributed by atoms with Gasteiger partial charge >= 0.3 is 0 Å². The van der Waals surface area contributed by atoms with Crippen LogP contribution in [0.2, 0.25) is 5.02 Å². The number of aromatic nitrogens is 4. The number of hydrogen-bond acceptors (Lipinski definition) is 4. The van der Waals surface area contributed by atoms with Crippen LogP contribution in [0.25, 0.3) is 0 Å². The third-order valence-corrected chi connectivity index (χ3v) is 3.26. The zero-order valence-electron chi connectivity index (χ0n) is 12.3. The minimum atomic E-state index is -0.325. The lowest BCUT2D eigenvalue weighted by Gasteiger charge is -2.05. The van der Waals surface area contributed by atoms with E-state index >= 15 is 0 Å². The van der Waals surface area contributed by atoms with E-state index in [1.54, 1.807) is 60.5 Å². The fraction of sp³-hybridized carbons (Fsp3) is 0.133. The number of carbonyl (C=O) groups is 1. The molecule has 0 fully saturated rings. The van der Waals surface area contributed by atoms with Gasteiger partial charge in [0.15, 0.2) is 18.2 Å². The highest BCUT2D eigenvalue weighted by Crippen LogP contribution is 2.15. The number of nitrogens with one attached hydrogen (secondary N) is 1. The van der Waals surface area contributed by atoms with E-state index in [0.29, 0.717) is 16.6 Å². The lowest BCUT2D eigenvalue weighted by Crippen LogP contribution is -2.14. The van der Waals surface area contributed by atoms with Crippen molar-refractivity contribution in [3.8, 4) is 5.75 Å². The number of halogens is 1. The molecular weight excluding hydrogens is 318 g/mol. The highest BCUT2D eigenvalue weighted by Gasteiger charge is 2.11. The Balaban J connectivity index is 1.59. The van der Waals surface area contributed by atoms with Gasteiger partial charge in [-0.15, -0.1) is 0 Å². The Bertz CT molecular complexity index is 809. The van der Waals surface area contributed by atoms with E-state index in [4.69, 9.17) is 16.3 Å². The van der Waals surface area contributed by atoms with Gasteiger partial charge in [0.05, 0.1) is 0 Å². The molecule has 0 aliphatic heterocycles. The van der Waals surface area contributed by atoms with Gasteiger partial charge < -0.3 is 10.1 Å². The number of amides is 1. The van der Waals surface area contributed by atoms with Crippen LogP contribution in [-0.4, -0.2) is 25.5 Å². The molecule has 0 spiro atoms. The lowest BCUT2D eigenvalue weighted by molar-refractivity contribution is 0.102. The predicted molar refractivity (Wildman–Crippen MR) is 85.5 cm³/mol. The second kappa shape index (κ2) is 6.53. The van der Waals surface area contributed by atoms with Crippen molar-refractivity contribution < 1.29 is 9.53 Å². The van der Waals surface area contributed by atoms with Crippen LogP contribution in [0.15, 0.2) is 48.8 Å². The third kappa shape index (κ3) is 3.89. The van der Waals surface area contributed by atoms with Gasteiger partial charge in [-0.3, -0.25) is 9.48 Å². The van der Waals surface area contributed by atoms with Gasteiger partial charge in [0.1, 0.15) is 5.75 Å². The molecular formula is C15H14ClN5O2. The molecule has 1 N–H and O–H groups in total. The van der Waals surface area contributed by atoms with Crippen molar-refractivity contribution in [2.45, 2.75) is 6.73 Å². The molecule has 8 heteroatoms. The molecule has 23 heavy (non-hydrogen) atoms. The molecule has 0 saturated heterocycles. The van der Waals surface area contributed by atoms with E-state index in [-0.39, 0.29) is 18.3 Å². The average molecular weight is 332 g/mol. The van der Waals surface area contributed by atoms with Gasteiger partial charge in [0, 0.05) is 30.5 Å². The topological polar surface area (TPSA) is 74.0 Å². The Morgan fingerprint density at radius 3 is 2.65 bits per heavy atom. The SMILES string of the molecule is Cn1ccc(NC(=O)c2ccn(COc3ccc(Cl)cc3)n2)n1. The maximum atomic E-state index is 12.1. The van der Waals surface area contributed by atoms with Crippen molar-refractivity contribution in [1.82, 2.24) is 19.6 Å². The Labute approximate surface area is 137 Å². The van der Waals surface area contributed by atoms with Gasteiger partial charge in [-0.1, -0.05) is 11.6 Å². The van der Waals surface area contributed by atoms with Crippen molar-refractivity contribution in [3.63, 3.8) is 0 Å². The maximum Gasteiger partial charge on any atom is 0.277 e. The molecule has 2 aromatic heterocycles. The van der Waals surface area contributed by atoms with Gasteiger partial charge in [-0.2, -0.15) is 10.2 Å². The van der Waals surface area contributed by atoms with Crippen LogP contribution in [0.3, 0.4) is 0 Å². The molecule has 118 valence electrons. The summed E-state index contributed by atoms with van der Waals surface area (Å²) >= 11 is 5.81. The fourth-order valence-electron chi connectivity index (χ4n) is 1.89. The van der Waals surface area contributed by atoms with Gasteiger partial charge in [-0.25, -0.2) is 4.68 Å². The molecule has 0 bridgehead atoms. The summed E-state index contributed by atoms with van der Waals surface area (Å²) in [4.78, 5) is 12.1. The highest BCUT2D eigenvalue weighted by molar-refractivity contribution is 6.30. The second-order valence-electron chi connectivity index (χ2n) is 4.80. The molecule has 1 amide bonds. The Morgan fingerprint density at radius 1 is 1.17 bits per heavy atom. The smallest absolute Gasteiger partial charge is 0.277 e. The van der Waals surface area contributed by atoms with Gasteiger partial charge in [0.25, 0.3) is 5.91 Å². The molecule has 3 aromatic rings. The third-order valence-electron chi connectivity index (χ3n) is 3.01. The molecule has 7 nitrogen and oxygen atoms in total. The first-order chi connectivity index (χ1) is 11.1. The van der Waals surface area contributed by atoms with Crippen molar-refractivity contribution in [1.29, 1.82) is 0 Å². The molecule has 2 heterocycles. The number of nitrogens with zero attached hydrogens (tertiary/aromatic N) is 4. The van der Waals surface area contributed by atoms with Crippen LogP contribution < -0.4 is 10.1 Å². The monoisotopic (exact) mass is 331 g/mol. The Hall–Kier alpha value is -2.80. The number of anilines is 1. The molecule has 3 rings (SSSR count). The minimum Gasteiger partial charge on any atom is -0.471 e. The molecule has 0 radical (unpaired) electrons. The predicted octanol–water partition coefficient (Wildman–Crippen LogP) is 2.56. The highest BCUT2D eigenvalue weighted by atomic mass is 35.5. The molecule has 0 atom stereocenters. The Kier molecular flexibility index (Phi) is 4.29. The number of aryl methyl sites for hydroxylation is 1. The standard InChI is InChI=1S/C15H14ClN5O2/c1-20-8-7-14(19-20)17-15(22)13-6-9-21(18-13)10-23-12-4-2-11(16)3-5-12/h2-9H,10H2,1H3,(H,17,19,22). The van der Waals surface area contributed by atoms with Crippen LogP contribution in [0.1, 0.15) is 10.5 Å². The molecule has 1 aromatic carbocycles. The first kappa shape index (κ1) is 15.1. The maximum absolute atomic E-state index is 12.1. The summed E-state index contributed by atoms with van der Waals surface area (Å²) in [6, 6.07) is 10.3. The van der Waals surface area contributed by atoms with Gasteiger partial charge in [-0.05, 0) is 30.3 Å². The summed E-state index contributed by atoms with van der Waals surface area (Å²) in [5.41, 5.74) is 0.287. The Morgan fingerprint density at radius 2 is 1.96 bits per heavy atom. The summed E-state index contributed by atoms with van der Waals surface area (Å²) in [5.74, 6) is 0.822. The fourth-order valence-corrected chi connectivity index (χ4v) is 2.01. The molecule has 0 saturated carbocycles. The first-order valence-electron chi connectivity index (χ1n) is 6.83. The van der Waals surface area contributed by atoms with Crippen molar-refractivity contribution in [3.05, 3.63) is 59.5 Å². The zero-order chi connectivity index (χ0) is 16.2. The van der Waals surface area contributed by atoms with E-state index in [2.05, 4.69) is 15.5 Å². The summed E-state index contributed by atoms with van der Waals surface area (Å²) in [6.07, 6.45) is 3.41. The van der Waals surface area contributed by atoms with Crippen LogP contribution in [-0.2, 0) is 13.8 Å². The summed E-state index contributed by atoms with van der Waals surface area (Å²) in [5, 5.41) is 11.6. The number of carbonyl (C=O) groups excluding carboxylic acids is 1. The minimum absolute atomic E-state index is 0.193. The van der Waals surface area contributed by atoms with E-state index < -0.39 is 0 Å². The van der Waals surface area contributed by atoms with Crippen LogP contribution in [0, 0.1) is 0 Å². The van der Waals surface area contributed by atoms with Crippen molar-refractivity contribution >= 4 is 23.3 Å².